The summed E-state index contributed by atoms with van der Waals surface area (Å²) in [5.41, 5.74) is -0.540. The number of methoxy groups -OCH3 is 1. The molecule has 0 aliphatic carbocycles. The van der Waals surface area contributed by atoms with Gasteiger partial charge in [-0.2, -0.15) is 0 Å². The maximum Gasteiger partial charge on any atom is 0.350 e. The molecular weight excluding hydrogens is 302 g/mol. The lowest BCUT2D eigenvalue weighted by Gasteiger charge is -2.42. The number of nitrogens with zero attached hydrogens (tertiary/aromatic N) is 1. The van der Waals surface area contributed by atoms with Crippen LogP contribution in [0.25, 0.3) is 0 Å². The van der Waals surface area contributed by atoms with Crippen LogP contribution >= 0.6 is 0 Å². The number of carbonyl (C=O) groups is 2. The molecule has 0 spiro atoms. The second-order valence-corrected chi connectivity index (χ2v) is 5.49. The largest absolute Gasteiger partial charge is 0.497 e. The number of ether oxygens (including phenoxy) is 2. The average molecular weight is 319 g/mol. The van der Waals surface area contributed by atoms with Gasteiger partial charge in [0, 0.05) is 25.1 Å². The fraction of sp³-hybridized carbons (Fsp3) is 0.375. The number of esters is 1. The molecule has 3 rings (SSSR count). The smallest absolute Gasteiger partial charge is 0.350 e. The van der Waals surface area contributed by atoms with Gasteiger partial charge in [-0.25, -0.2) is 9.59 Å². The molecule has 1 fully saturated rings. The molecule has 0 amide bonds. The van der Waals surface area contributed by atoms with Crippen LogP contribution in [-0.4, -0.2) is 42.0 Å². The summed E-state index contributed by atoms with van der Waals surface area (Å²) in [6, 6.07) is 7.09. The van der Waals surface area contributed by atoms with Crippen molar-refractivity contribution in [2.45, 2.75) is 24.7 Å². The van der Waals surface area contributed by atoms with Gasteiger partial charge in [0.1, 0.15) is 5.75 Å². The van der Waals surface area contributed by atoms with E-state index < -0.39 is 23.8 Å². The normalized spacial score (nSPS) is 29.6. The summed E-state index contributed by atoms with van der Waals surface area (Å²) in [5, 5.41) is 12.3. The minimum Gasteiger partial charge on any atom is -0.497 e. The second kappa shape index (κ2) is 6.02. The van der Waals surface area contributed by atoms with Gasteiger partial charge in [0.2, 0.25) is 0 Å². The first-order valence-corrected chi connectivity index (χ1v) is 7.24. The Morgan fingerprint density at radius 2 is 2.09 bits per heavy atom. The van der Waals surface area contributed by atoms with Gasteiger partial charge < -0.3 is 19.4 Å². The molecule has 0 radical (unpaired) electrons. The Labute approximate surface area is 133 Å². The van der Waals surface area contributed by atoms with Gasteiger partial charge in [0.15, 0.2) is 6.23 Å². The molecule has 7 heteroatoms. The average Bonchev–Trinajstić information content (AvgIpc) is 2.54. The van der Waals surface area contributed by atoms with E-state index in [0.717, 1.165) is 12.2 Å². The first-order chi connectivity index (χ1) is 11.0. The summed E-state index contributed by atoms with van der Waals surface area (Å²) in [5.74, 6) is -0.660. The van der Waals surface area contributed by atoms with Crippen molar-refractivity contribution < 1.29 is 29.0 Å². The molecule has 2 aliphatic heterocycles. The van der Waals surface area contributed by atoms with E-state index >= 15 is 0 Å². The number of hydrogen-bond donors (Lipinski definition) is 1. The molecule has 23 heavy (non-hydrogen) atoms. The highest BCUT2D eigenvalue weighted by Crippen LogP contribution is 2.37. The van der Waals surface area contributed by atoms with Crippen LogP contribution in [0.15, 0.2) is 36.4 Å². The van der Waals surface area contributed by atoms with E-state index in [1.54, 1.807) is 31.4 Å². The van der Waals surface area contributed by atoms with E-state index in [1.807, 2.05) is 0 Å². The molecule has 1 N–H and O–H groups in total. The molecule has 1 aromatic rings. The Morgan fingerprint density at radius 3 is 2.87 bits per heavy atom. The maximum absolute atomic E-state index is 11.6. The van der Waals surface area contributed by atoms with E-state index in [0.29, 0.717) is 17.7 Å². The number of carbonyl (C=O) groups excluding carboxylic acids is 2. The lowest BCUT2D eigenvalue weighted by molar-refractivity contribution is -0.267. The molecule has 122 valence electrons. The lowest BCUT2D eigenvalue weighted by Crippen LogP contribution is -2.51. The molecule has 2 atom stereocenters. The third-order valence-electron chi connectivity index (χ3n) is 4.00. The van der Waals surface area contributed by atoms with E-state index in [4.69, 9.17) is 14.3 Å². The van der Waals surface area contributed by atoms with E-state index in [9.17, 15) is 14.7 Å². The zero-order valence-electron chi connectivity index (χ0n) is 12.6. The predicted molar refractivity (Wildman–Crippen MR) is 77.9 cm³/mol. The van der Waals surface area contributed by atoms with Gasteiger partial charge >= 0.3 is 11.9 Å². The number of hydrogen-bond acceptors (Lipinski definition) is 7. The first-order valence-electron chi connectivity index (χ1n) is 7.24. The minimum atomic E-state index is -1.20. The van der Waals surface area contributed by atoms with Crippen molar-refractivity contribution in [3.63, 3.8) is 0 Å². The standard InChI is InChI=1S/C16H17NO6/c1-21-12-4-2-3-11(9-12)16(20)7-8-17-13(10-16)22-14(18)5-6-15(19)23-17/h2-6,9,13,20H,7-8,10H2,1H3/b6-5+. The number of rotatable bonds is 2. The zero-order valence-corrected chi connectivity index (χ0v) is 12.6. The second-order valence-electron chi connectivity index (χ2n) is 5.49. The summed E-state index contributed by atoms with van der Waals surface area (Å²) in [7, 11) is 1.55. The maximum atomic E-state index is 11.6. The summed E-state index contributed by atoms with van der Waals surface area (Å²) in [6.07, 6.45) is 1.60. The Bertz CT molecular complexity index is 658. The highest BCUT2D eigenvalue weighted by atomic mass is 16.7. The third kappa shape index (κ3) is 3.20. The Morgan fingerprint density at radius 1 is 1.30 bits per heavy atom. The van der Waals surface area contributed by atoms with Gasteiger partial charge in [-0.3, -0.25) is 0 Å². The summed E-state index contributed by atoms with van der Waals surface area (Å²) >= 11 is 0. The molecule has 7 nitrogen and oxygen atoms in total. The quantitative estimate of drug-likeness (QED) is 0.810. The Hall–Kier alpha value is -2.38. The molecule has 2 aliphatic rings. The molecule has 1 saturated heterocycles. The van der Waals surface area contributed by atoms with E-state index in [1.165, 1.54) is 5.06 Å². The molecule has 2 heterocycles. The molecular formula is C16H17NO6. The van der Waals surface area contributed by atoms with Crippen molar-refractivity contribution in [1.29, 1.82) is 0 Å². The van der Waals surface area contributed by atoms with Crippen LogP contribution in [0.2, 0.25) is 0 Å². The van der Waals surface area contributed by atoms with Gasteiger partial charge in [0.25, 0.3) is 0 Å². The van der Waals surface area contributed by atoms with Crippen LogP contribution in [0.4, 0.5) is 0 Å². The van der Waals surface area contributed by atoms with Crippen molar-refractivity contribution in [3.05, 3.63) is 42.0 Å². The fourth-order valence-corrected chi connectivity index (χ4v) is 2.77. The lowest BCUT2D eigenvalue weighted by atomic mass is 9.84. The third-order valence-corrected chi connectivity index (χ3v) is 4.00. The summed E-state index contributed by atoms with van der Waals surface area (Å²) in [4.78, 5) is 28.3. The SMILES string of the molecule is COc1cccc(C2(O)CCN3OC(=O)/C=C/C(=O)OC3C2)c1. The van der Waals surface area contributed by atoms with Gasteiger partial charge in [0.05, 0.1) is 12.7 Å². The number of piperidine rings is 1. The van der Waals surface area contributed by atoms with Crippen LogP contribution in [0.5, 0.6) is 5.75 Å². The topological polar surface area (TPSA) is 85.3 Å². The predicted octanol–water partition coefficient (Wildman–Crippen LogP) is 0.876. The van der Waals surface area contributed by atoms with Crippen molar-refractivity contribution in [2.24, 2.45) is 0 Å². The summed E-state index contributed by atoms with van der Waals surface area (Å²) in [6.45, 7) is 0.241. The fourth-order valence-electron chi connectivity index (χ4n) is 2.77. The number of fused-ring (bicyclic) bond motifs is 1. The van der Waals surface area contributed by atoms with Crippen LogP contribution in [-0.2, 0) is 24.8 Å². The number of hydroxylamine groups is 2. The van der Waals surface area contributed by atoms with E-state index in [2.05, 4.69) is 0 Å². The summed E-state index contributed by atoms with van der Waals surface area (Å²) < 4.78 is 10.4. The molecule has 0 aromatic heterocycles. The van der Waals surface area contributed by atoms with Crippen LogP contribution in [0.3, 0.4) is 0 Å². The molecule has 0 bridgehead atoms. The Balaban J connectivity index is 1.85. The van der Waals surface area contributed by atoms with Crippen LogP contribution < -0.4 is 4.74 Å². The highest BCUT2D eigenvalue weighted by molar-refractivity contribution is 5.92. The zero-order chi connectivity index (χ0) is 16.4. The van der Waals surface area contributed by atoms with Gasteiger partial charge in [-0.1, -0.05) is 17.2 Å². The Kier molecular flexibility index (Phi) is 4.06. The first kappa shape index (κ1) is 15.5. The highest BCUT2D eigenvalue weighted by Gasteiger charge is 2.43. The van der Waals surface area contributed by atoms with Gasteiger partial charge in [-0.15, -0.1) is 0 Å². The molecule has 2 unspecified atom stereocenters. The molecule has 0 saturated carbocycles. The minimum absolute atomic E-state index is 0.0903. The number of aliphatic hydroxyl groups is 1. The van der Waals surface area contributed by atoms with E-state index in [-0.39, 0.29) is 13.0 Å². The van der Waals surface area contributed by atoms with Crippen LogP contribution in [0, 0.1) is 0 Å². The van der Waals surface area contributed by atoms with Gasteiger partial charge in [-0.05, 0) is 24.1 Å². The monoisotopic (exact) mass is 319 g/mol. The number of benzene rings is 1. The van der Waals surface area contributed by atoms with Crippen LogP contribution in [0.1, 0.15) is 18.4 Å². The van der Waals surface area contributed by atoms with Crippen molar-refractivity contribution in [2.75, 3.05) is 13.7 Å². The molecule has 1 aromatic carbocycles. The van der Waals surface area contributed by atoms with Crippen molar-refractivity contribution in [3.8, 4) is 5.75 Å². The van der Waals surface area contributed by atoms with Crippen molar-refractivity contribution in [1.82, 2.24) is 5.06 Å². The van der Waals surface area contributed by atoms with Crippen molar-refractivity contribution >= 4 is 11.9 Å².